The van der Waals surface area contributed by atoms with Crippen LogP contribution in [-0.4, -0.2) is 29.7 Å². The number of aromatic nitrogens is 2. The lowest BCUT2D eigenvalue weighted by atomic mass is 10.3. The van der Waals surface area contributed by atoms with Gasteiger partial charge < -0.3 is 5.73 Å². The van der Waals surface area contributed by atoms with Crippen molar-refractivity contribution in [2.45, 2.75) is 11.4 Å². The van der Waals surface area contributed by atoms with Gasteiger partial charge in [0.1, 0.15) is 0 Å². The van der Waals surface area contributed by atoms with Crippen LogP contribution in [-0.2, 0) is 23.6 Å². The molecular formula is C13H18N4O2S2. The maximum atomic E-state index is 11.9. The molecule has 1 aromatic carbocycles. The smallest absolute Gasteiger partial charge is 0.212 e. The molecule has 0 amide bonds. The molecule has 0 bridgehead atoms. The van der Waals surface area contributed by atoms with Crippen LogP contribution in [0.1, 0.15) is 5.69 Å². The average molecular weight is 326 g/mol. The largest absolute Gasteiger partial charge is 0.398 e. The highest BCUT2D eigenvalue weighted by Crippen LogP contribution is 2.24. The lowest BCUT2D eigenvalue weighted by molar-refractivity contribution is 0.581. The monoisotopic (exact) mass is 326 g/mol. The van der Waals surface area contributed by atoms with E-state index in [1.54, 1.807) is 30.1 Å². The van der Waals surface area contributed by atoms with E-state index < -0.39 is 10.0 Å². The van der Waals surface area contributed by atoms with E-state index in [-0.39, 0.29) is 12.3 Å². The van der Waals surface area contributed by atoms with Crippen molar-refractivity contribution in [3.8, 4) is 0 Å². The summed E-state index contributed by atoms with van der Waals surface area (Å²) in [6.45, 7) is 0.210. The Balaban J connectivity index is 1.80. The number of nitrogen functional groups attached to an aromatic ring is 1. The summed E-state index contributed by atoms with van der Waals surface area (Å²) in [5, 5.41) is 4.12. The van der Waals surface area contributed by atoms with Crippen molar-refractivity contribution in [1.29, 1.82) is 0 Å². The van der Waals surface area contributed by atoms with E-state index in [4.69, 9.17) is 5.73 Å². The summed E-state index contributed by atoms with van der Waals surface area (Å²) in [7, 11) is -1.52. The molecule has 8 heteroatoms. The number of thioether (sulfide) groups is 1. The van der Waals surface area contributed by atoms with E-state index in [2.05, 4.69) is 9.82 Å². The van der Waals surface area contributed by atoms with Gasteiger partial charge in [-0.05, 0) is 18.2 Å². The highest BCUT2D eigenvalue weighted by molar-refractivity contribution is 8.00. The fourth-order valence-corrected chi connectivity index (χ4v) is 4.04. The van der Waals surface area contributed by atoms with Crippen LogP contribution in [0.15, 0.2) is 41.4 Å². The van der Waals surface area contributed by atoms with Gasteiger partial charge in [-0.2, -0.15) is 5.10 Å². The van der Waals surface area contributed by atoms with Crippen molar-refractivity contribution < 1.29 is 8.42 Å². The minimum Gasteiger partial charge on any atom is -0.398 e. The molecule has 0 atom stereocenters. The molecule has 1 heterocycles. The molecular weight excluding hydrogens is 308 g/mol. The van der Waals surface area contributed by atoms with Crippen LogP contribution in [0.5, 0.6) is 0 Å². The van der Waals surface area contributed by atoms with E-state index in [0.29, 0.717) is 17.1 Å². The van der Waals surface area contributed by atoms with Gasteiger partial charge >= 0.3 is 0 Å². The first-order chi connectivity index (χ1) is 9.96. The summed E-state index contributed by atoms with van der Waals surface area (Å²) in [4.78, 5) is 0.900. The van der Waals surface area contributed by atoms with E-state index in [0.717, 1.165) is 4.90 Å². The van der Waals surface area contributed by atoms with Gasteiger partial charge in [0.25, 0.3) is 0 Å². The van der Waals surface area contributed by atoms with Gasteiger partial charge in [0, 0.05) is 29.6 Å². The number of rotatable bonds is 7. The molecule has 21 heavy (non-hydrogen) atoms. The maximum Gasteiger partial charge on any atom is 0.212 e. The van der Waals surface area contributed by atoms with Gasteiger partial charge in [-0.25, -0.2) is 13.1 Å². The lowest BCUT2D eigenvalue weighted by Crippen LogP contribution is -2.27. The second-order valence-corrected chi connectivity index (χ2v) is 7.57. The first-order valence-electron chi connectivity index (χ1n) is 6.39. The Morgan fingerprint density at radius 3 is 2.76 bits per heavy atom. The van der Waals surface area contributed by atoms with E-state index >= 15 is 0 Å². The standard InChI is InChI=1S/C13H18N4O2S2/c1-17-7-6-11(16-17)10-15-21(18,19)9-8-20-13-5-3-2-4-12(13)14/h2-7,15H,8-10,14H2,1H3. The predicted octanol–water partition coefficient (Wildman–Crippen LogP) is 1.21. The number of nitrogens with two attached hydrogens (primary N) is 1. The third-order valence-electron chi connectivity index (χ3n) is 2.77. The Morgan fingerprint density at radius 1 is 1.33 bits per heavy atom. The van der Waals surface area contributed by atoms with Crippen LogP contribution in [0.3, 0.4) is 0 Å². The molecule has 0 saturated heterocycles. The quantitative estimate of drug-likeness (QED) is 0.590. The molecule has 0 unspecified atom stereocenters. The minimum absolute atomic E-state index is 0.0405. The molecule has 0 aliphatic heterocycles. The summed E-state index contributed by atoms with van der Waals surface area (Å²) < 4.78 is 28.0. The van der Waals surface area contributed by atoms with Crippen molar-refractivity contribution in [2.75, 3.05) is 17.2 Å². The Kier molecular flexibility index (Phi) is 5.27. The number of anilines is 1. The first-order valence-corrected chi connectivity index (χ1v) is 9.03. The van der Waals surface area contributed by atoms with Crippen molar-refractivity contribution in [3.05, 3.63) is 42.2 Å². The third-order valence-corrected chi connectivity index (χ3v) is 5.45. The predicted molar refractivity (Wildman–Crippen MR) is 85.4 cm³/mol. The van der Waals surface area contributed by atoms with Crippen LogP contribution in [0.2, 0.25) is 0 Å². The maximum absolute atomic E-state index is 11.9. The molecule has 0 saturated carbocycles. The highest BCUT2D eigenvalue weighted by Gasteiger charge is 2.11. The van der Waals surface area contributed by atoms with Crippen LogP contribution < -0.4 is 10.5 Å². The van der Waals surface area contributed by atoms with Crippen LogP contribution in [0.4, 0.5) is 5.69 Å². The van der Waals surface area contributed by atoms with Gasteiger partial charge in [0.2, 0.25) is 10.0 Å². The van der Waals surface area contributed by atoms with Crippen molar-refractivity contribution in [1.82, 2.24) is 14.5 Å². The second kappa shape index (κ2) is 6.97. The SMILES string of the molecule is Cn1ccc(CNS(=O)(=O)CCSc2ccccc2N)n1. The zero-order valence-corrected chi connectivity index (χ0v) is 13.3. The molecule has 0 aliphatic rings. The Hall–Kier alpha value is -1.51. The zero-order chi connectivity index (χ0) is 15.3. The molecule has 114 valence electrons. The summed E-state index contributed by atoms with van der Waals surface area (Å²) in [6, 6.07) is 9.20. The summed E-state index contributed by atoms with van der Waals surface area (Å²) in [5.74, 6) is 0.491. The Bertz CT molecular complexity index is 698. The van der Waals surface area contributed by atoms with E-state index in [9.17, 15) is 8.42 Å². The molecule has 6 nitrogen and oxygen atoms in total. The Labute approximate surface area is 128 Å². The average Bonchev–Trinajstić information content (AvgIpc) is 2.85. The van der Waals surface area contributed by atoms with Crippen molar-refractivity contribution >= 4 is 27.5 Å². The van der Waals surface area contributed by atoms with Crippen LogP contribution in [0.25, 0.3) is 0 Å². The fraction of sp³-hybridized carbons (Fsp3) is 0.308. The van der Waals surface area contributed by atoms with Gasteiger partial charge in [-0.1, -0.05) is 12.1 Å². The molecule has 3 N–H and O–H groups in total. The molecule has 0 aliphatic carbocycles. The Morgan fingerprint density at radius 2 is 2.10 bits per heavy atom. The molecule has 1 aromatic heterocycles. The summed E-state index contributed by atoms with van der Waals surface area (Å²) in [5.41, 5.74) is 7.17. The van der Waals surface area contributed by atoms with Crippen molar-refractivity contribution in [2.24, 2.45) is 7.05 Å². The first kappa shape index (κ1) is 15.9. The third kappa shape index (κ3) is 5.07. The highest BCUT2D eigenvalue weighted by atomic mass is 32.2. The number of benzene rings is 1. The number of aryl methyl sites for hydroxylation is 1. The number of nitrogens with one attached hydrogen (secondary N) is 1. The number of hydrogen-bond acceptors (Lipinski definition) is 5. The van der Waals surface area contributed by atoms with Crippen LogP contribution >= 0.6 is 11.8 Å². The fourth-order valence-electron chi connectivity index (χ4n) is 1.69. The van der Waals surface area contributed by atoms with Crippen molar-refractivity contribution in [3.63, 3.8) is 0 Å². The zero-order valence-electron chi connectivity index (χ0n) is 11.7. The normalized spacial score (nSPS) is 11.7. The van der Waals surface area contributed by atoms with Crippen LogP contribution in [0, 0.1) is 0 Å². The number of hydrogen-bond donors (Lipinski definition) is 2. The molecule has 0 spiro atoms. The number of para-hydroxylation sites is 1. The number of nitrogens with zero attached hydrogens (tertiary/aromatic N) is 2. The lowest BCUT2D eigenvalue weighted by Gasteiger charge is -2.07. The van der Waals surface area contributed by atoms with Gasteiger partial charge in [-0.15, -0.1) is 11.8 Å². The second-order valence-electron chi connectivity index (χ2n) is 4.51. The van der Waals surface area contributed by atoms with E-state index in [1.165, 1.54) is 11.8 Å². The molecule has 2 rings (SSSR count). The van der Waals surface area contributed by atoms with Gasteiger partial charge in [0.15, 0.2) is 0 Å². The topological polar surface area (TPSA) is 90.0 Å². The van der Waals surface area contributed by atoms with E-state index in [1.807, 2.05) is 18.2 Å². The summed E-state index contributed by atoms with van der Waals surface area (Å²) in [6.07, 6.45) is 1.78. The molecule has 0 radical (unpaired) electrons. The minimum atomic E-state index is -3.31. The number of sulfonamides is 1. The molecule has 0 fully saturated rings. The van der Waals surface area contributed by atoms with Gasteiger partial charge in [-0.3, -0.25) is 4.68 Å². The van der Waals surface area contributed by atoms with Gasteiger partial charge in [0.05, 0.1) is 18.0 Å². The molecule has 2 aromatic rings. The summed E-state index contributed by atoms with van der Waals surface area (Å²) >= 11 is 1.44.